The number of amides is 1. The molecule has 7 heteroatoms. The molecule has 0 unspecified atom stereocenters. The number of hydrogen-bond donors (Lipinski definition) is 1. The van der Waals surface area contributed by atoms with Crippen molar-refractivity contribution in [2.45, 2.75) is 13.5 Å². The summed E-state index contributed by atoms with van der Waals surface area (Å²) in [6.45, 7) is 2.75. The molecule has 3 rings (SSSR count). The van der Waals surface area contributed by atoms with Crippen molar-refractivity contribution in [1.29, 1.82) is 0 Å². The first-order chi connectivity index (χ1) is 12.9. The van der Waals surface area contributed by atoms with Crippen LogP contribution in [0.25, 0.3) is 5.69 Å². The van der Waals surface area contributed by atoms with Crippen molar-refractivity contribution in [1.82, 2.24) is 14.7 Å². The average molecular weight is 431 g/mol. The number of halogens is 2. The minimum Gasteiger partial charge on any atom is -0.309 e. The van der Waals surface area contributed by atoms with Crippen LogP contribution in [0.4, 0.5) is 10.2 Å². The SMILES string of the molecule is Cc1cc(NC(=O)CN(C)Cc2ccc(Br)cc2)n(-c2ccc(F)cc2)n1. The van der Waals surface area contributed by atoms with Crippen LogP contribution in [0.5, 0.6) is 0 Å². The Morgan fingerprint density at radius 3 is 2.52 bits per heavy atom. The van der Waals surface area contributed by atoms with Crippen LogP contribution in [-0.4, -0.2) is 34.2 Å². The van der Waals surface area contributed by atoms with E-state index in [1.54, 1.807) is 22.9 Å². The molecule has 0 aliphatic heterocycles. The molecule has 1 amide bonds. The number of carbonyl (C=O) groups excluding carboxylic acids is 1. The Morgan fingerprint density at radius 1 is 1.19 bits per heavy atom. The van der Waals surface area contributed by atoms with E-state index in [1.807, 2.05) is 43.1 Å². The lowest BCUT2D eigenvalue weighted by molar-refractivity contribution is -0.117. The van der Waals surface area contributed by atoms with Crippen molar-refractivity contribution in [3.05, 3.63) is 76.1 Å². The summed E-state index contributed by atoms with van der Waals surface area (Å²) in [6.07, 6.45) is 0. The second-order valence-corrected chi connectivity index (χ2v) is 7.32. The lowest BCUT2D eigenvalue weighted by Gasteiger charge is -2.17. The van der Waals surface area contributed by atoms with Crippen LogP contribution in [0.3, 0.4) is 0 Å². The largest absolute Gasteiger partial charge is 0.309 e. The topological polar surface area (TPSA) is 50.2 Å². The molecule has 0 radical (unpaired) electrons. The van der Waals surface area contributed by atoms with E-state index in [2.05, 4.69) is 26.3 Å². The van der Waals surface area contributed by atoms with Crippen LogP contribution in [0.1, 0.15) is 11.3 Å². The fraction of sp³-hybridized carbons (Fsp3) is 0.200. The Labute approximate surface area is 165 Å². The van der Waals surface area contributed by atoms with Crippen molar-refractivity contribution in [2.24, 2.45) is 0 Å². The second kappa shape index (κ2) is 8.45. The molecule has 0 saturated heterocycles. The highest BCUT2D eigenvalue weighted by molar-refractivity contribution is 9.10. The lowest BCUT2D eigenvalue weighted by Crippen LogP contribution is -2.30. The van der Waals surface area contributed by atoms with E-state index in [1.165, 1.54) is 12.1 Å². The van der Waals surface area contributed by atoms with Gasteiger partial charge >= 0.3 is 0 Å². The van der Waals surface area contributed by atoms with Gasteiger partial charge in [0.2, 0.25) is 5.91 Å². The predicted octanol–water partition coefficient (Wildman–Crippen LogP) is 4.15. The highest BCUT2D eigenvalue weighted by Gasteiger charge is 2.13. The molecule has 3 aromatic rings. The molecule has 0 bridgehead atoms. The second-order valence-electron chi connectivity index (χ2n) is 6.41. The molecule has 0 aliphatic rings. The van der Waals surface area contributed by atoms with Crippen molar-refractivity contribution >= 4 is 27.7 Å². The molecule has 0 atom stereocenters. The van der Waals surface area contributed by atoms with E-state index in [0.29, 0.717) is 18.1 Å². The Bertz CT molecular complexity index is 922. The molecule has 1 N–H and O–H groups in total. The van der Waals surface area contributed by atoms with Crippen molar-refractivity contribution in [3.63, 3.8) is 0 Å². The number of nitrogens with one attached hydrogen (secondary N) is 1. The van der Waals surface area contributed by atoms with Crippen LogP contribution in [0.2, 0.25) is 0 Å². The van der Waals surface area contributed by atoms with Crippen LogP contribution in [0.15, 0.2) is 59.1 Å². The molecule has 1 aromatic heterocycles. The van der Waals surface area contributed by atoms with Crippen LogP contribution >= 0.6 is 15.9 Å². The summed E-state index contributed by atoms with van der Waals surface area (Å²) >= 11 is 3.41. The Morgan fingerprint density at radius 2 is 1.85 bits per heavy atom. The molecule has 2 aromatic carbocycles. The monoisotopic (exact) mass is 430 g/mol. The van der Waals surface area contributed by atoms with E-state index in [0.717, 1.165) is 15.7 Å². The van der Waals surface area contributed by atoms with Crippen molar-refractivity contribution in [2.75, 3.05) is 18.9 Å². The number of likely N-dealkylation sites (N-methyl/N-ethyl adjacent to an activating group) is 1. The Balaban J connectivity index is 1.65. The smallest absolute Gasteiger partial charge is 0.239 e. The highest BCUT2D eigenvalue weighted by Crippen LogP contribution is 2.18. The molecule has 27 heavy (non-hydrogen) atoms. The van der Waals surface area contributed by atoms with Crippen LogP contribution < -0.4 is 5.32 Å². The molecule has 140 valence electrons. The van der Waals surface area contributed by atoms with Gasteiger partial charge in [-0.25, -0.2) is 9.07 Å². The van der Waals surface area contributed by atoms with Crippen molar-refractivity contribution in [3.8, 4) is 5.69 Å². The summed E-state index contributed by atoms with van der Waals surface area (Å²) in [7, 11) is 1.89. The average Bonchev–Trinajstić information content (AvgIpc) is 2.97. The van der Waals surface area contributed by atoms with Gasteiger partial charge in [-0.2, -0.15) is 5.10 Å². The van der Waals surface area contributed by atoms with Gasteiger partial charge in [-0.15, -0.1) is 0 Å². The summed E-state index contributed by atoms with van der Waals surface area (Å²) in [4.78, 5) is 14.4. The number of aryl methyl sites for hydroxylation is 1. The van der Waals surface area contributed by atoms with Gasteiger partial charge in [-0.3, -0.25) is 9.69 Å². The summed E-state index contributed by atoms with van der Waals surface area (Å²) in [5.74, 6) is 0.0989. The third-order valence-corrected chi connectivity index (χ3v) is 4.48. The molecule has 5 nitrogen and oxygen atoms in total. The van der Waals surface area contributed by atoms with Gasteiger partial charge in [-0.05, 0) is 55.9 Å². The molecular weight excluding hydrogens is 411 g/mol. The Hall–Kier alpha value is -2.51. The highest BCUT2D eigenvalue weighted by atomic mass is 79.9. The first-order valence-corrected chi connectivity index (χ1v) is 9.25. The number of rotatable bonds is 6. The predicted molar refractivity (Wildman–Crippen MR) is 107 cm³/mol. The molecular formula is C20H20BrFN4O. The standard InChI is InChI=1S/C20H20BrFN4O/c1-14-11-19(26(24-14)18-9-7-17(22)8-10-18)23-20(27)13-25(2)12-15-3-5-16(21)6-4-15/h3-11H,12-13H2,1-2H3,(H,23,27). The summed E-state index contributed by atoms with van der Waals surface area (Å²) in [5.41, 5.74) is 2.57. The van der Waals surface area contributed by atoms with Gasteiger partial charge in [0, 0.05) is 17.1 Å². The lowest BCUT2D eigenvalue weighted by atomic mass is 10.2. The number of carbonyl (C=O) groups is 1. The third kappa shape index (κ3) is 5.24. The molecule has 0 saturated carbocycles. The molecule has 0 aliphatic carbocycles. The van der Waals surface area contributed by atoms with Gasteiger partial charge in [0.05, 0.1) is 17.9 Å². The van der Waals surface area contributed by atoms with E-state index in [-0.39, 0.29) is 18.3 Å². The first-order valence-electron chi connectivity index (χ1n) is 8.46. The normalized spacial score (nSPS) is 11.0. The number of aromatic nitrogens is 2. The number of hydrogen-bond acceptors (Lipinski definition) is 3. The zero-order valence-corrected chi connectivity index (χ0v) is 16.7. The number of anilines is 1. The number of nitrogens with zero attached hydrogens (tertiary/aromatic N) is 3. The van der Waals surface area contributed by atoms with Gasteiger partial charge in [0.15, 0.2) is 0 Å². The van der Waals surface area contributed by atoms with Gasteiger partial charge in [0.25, 0.3) is 0 Å². The third-order valence-electron chi connectivity index (χ3n) is 3.95. The molecule has 0 fully saturated rings. The quantitative estimate of drug-likeness (QED) is 0.638. The van der Waals surface area contributed by atoms with E-state index in [4.69, 9.17) is 0 Å². The zero-order chi connectivity index (χ0) is 19.4. The summed E-state index contributed by atoms with van der Waals surface area (Å²) < 4.78 is 15.8. The Kier molecular flexibility index (Phi) is 6.03. The van der Waals surface area contributed by atoms with Crippen LogP contribution in [-0.2, 0) is 11.3 Å². The van der Waals surface area contributed by atoms with E-state index < -0.39 is 0 Å². The zero-order valence-electron chi connectivity index (χ0n) is 15.1. The molecule has 1 heterocycles. The van der Waals surface area contributed by atoms with E-state index >= 15 is 0 Å². The van der Waals surface area contributed by atoms with Gasteiger partial charge in [-0.1, -0.05) is 28.1 Å². The minimum absolute atomic E-state index is 0.141. The van der Waals surface area contributed by atoms with Crippen molar-refractivity contribution < 1.29 is 9.18 Å². The minimum atomic E-state index is -0.317. The summed E-state index contributed by atoms with van der Waals surface area (Å²) in [6, 6.07) is 15.8. The maximum absolute atomic E-state index is 13.2. The maximum atomic E-state index is 13.2. The molecule has 0 spiro atoms. The fourth-order valence-corrected chi connectivity index (χ4v) is 3.02. The van der Waals surface area contributed by atoms with Gasteiger partial charge < -0.3 is 5.32 Å². The fourth-order valence-electron chi connectivity index (χ4n) is 2.75. The summed E-state index contributed by atoms with van der Waals surface area (Å²) in [5, 5.41) is 7.27. The van der Waals surface area contributed by atoms with E-state index in [9.17, 15) is 9.18 Å². The maximum Gasteiger partial charge on any atom is 0.239 e. The van der Waals surface area contributed by atoms with Gasteiger partial charge in [0.1, 0.15) is 11.6 Å². The number of benzene rings is 2. The first kappa shape index (κ1) is 19.3. The van der Waals surface area contributed by atoms with Crippen LogP contribution in [0, 0.1) is 12.7 Å².